The van der Waals surface area contributed by atoms with Crippen LogP contribution in [-0.2, 0) is 9.59 Å². The molecule has 134 valence electrons. The molecule has 1 unspecified atom stereocenters. The summed E-state index contributed by atoms with van der Waals surface area (Å²) in [6.45, 7) is 5.30. The van der Waals surface area contributed by atoms with E-state index >= 15 is 0 Å². The van der Waals surface area contributed by atoms with Crippen molar-refractivity contribution in [3.8, 4) is 0 Å². The number of nitrogens with zero attached hydrogens (tertiary/aromatic N) is 2. The van der Waals surface area contributed by atoms with Crippen LogP contribution in [0, 0.1) is 5.92 Å². The average Bonchev–Trinajstić information content (AvgIpc) is 2.97. The number of hydrogen-bond acceptors (Lipinski definition) is 7. The van der Waals surface area contributed by atoms with Gasteiger partial charge in [-0.2, -0.15) is 0 Å². The fraction of sp³-hybridized carbons (Fsp3) is 0.375. The van der Waals surface area contributed by atoms with Crippen molar-refractivity contribution in [2.75, 3.05) is 11.1 Å². The van der Waals surface area contributed by atoms with Gasteiger partial charge >= 0.3 is 0 Å². The Morgan fingerprint density at radius 2 is 2.08 bits per heavy atom. The zero-order valence-corrected chi connectivity index (χ0v) is 17.3. The van der Waals surface area contributed by atoms with Crippen LogP contribution in [0.4, 0.5) is 10.8 Å². The van der Waals surface area contributed by atoms with Gasteiger partial charge in [-0.1, -0.05) is 58.9 Å². The molecule has 0 aliphatic carbocycles. The second kappa shape index (κ2) is 9.30. The molecule has 0 aliphatic heterocycles. The van der Waals surface area contributed by atoms with Gasteiger partial charge in [0.25, 0.3) is 0 Å². The van der Waals surface area contributed by atoms with E-state index in [4.69, 9.17) is 0 Å². The zero-order valence-electron chi connectivity index (χ0n) is 14.1. The fourth-order valence-corrected chi connectivity index (χ4v) is 4.07. The van der Waals surface area contributed by atoms with E-state index in [1.54, 1.807) is 0 Å². The van der Waals surface area contributed by atoms with Crippen LogP contribution >= 0.6 is 39.0 Å². The summed E-state index contributed by atoms with van der Waals surface area (Å²) in [4.78, 5) is 23.6. The molecule has 0 fully saturated rings. The van der Waals surface area contributed by atoms with E-state index in [1.807, 2.05) is 38.1 Å². The molecule has 2 N–H and O–H groups in total. The molecule has 0 bridgehead atoms. The third-order valence-corrected chi connectivity index (χ3v) is 5.70. The van der Waals surface area contributed by atoms with Crippen molar-refractivity contribution in [3.63, 3.8) is 0 Å². The fourth-order valence-electron chi connectivity index (χ4n) is 2.09. The quantitative estimate of drug-likeness (QED) is 0.603. The average molecular weight is 443 g/mol. The van der Waals surface area contributed by atoms with Crippen molar-refractivity contribution in [2.24, 2.45) is 5.92 Å². The Morgan fingerprint density at radius 3 is 2.72 bits per heavy atom. The first-order valence-electron chi connectivity index (χ1n) is 7.64. The number of carbonyl (C=O) groups excluding carboxylic acids is 2. The minimum atomic E-state index is -0.448. The number of Topliss-reactive ketones (excluding diaryl/α,β-unsaturated/α-hetero) is 1. The summed E-state index contributed by atoms with van der Waals surface area (Å²) < 4.78 is 1.66. The van der Waals surface area contributed by atoms with Gasteiger partial charge in [-0.3, -0.25) is 9.59 Å². The molecular formula is C16H19BrN4O2S2. The predicted molar refractivity (Wildman–Crippen MR) is 106 cm³/mol. The first-order chi connectivity index (χ1) is 11.8. The number of benzene rings is 1. The van der Waals surface area contributed by atoms with E-state index in [9.17, 15) is 9.59 Å². The van der Waals surface area contributed by atoms with Gasteiger partial charge in [-0.25, -0.2) is 0 Å². The summed E-state index contributed by atoms with van der Waals surface area (Å²) in [6, 6.07) is 7.29. The lowest BCUT2D eigenvalue weighted by Crippen LogP contribution is -2.44. The van der Waals surface area contributed by atoms with Crippen LogP contribution < -0.4 is 10.6 Å². The Bertz CT molecular complexity index is 751. The first-order valence-corrected chi connectivity index (χ1v) is 10.2. The van der Waals surface area contributed by atoms with Crippen LogP contribution in [0.3, 0.4) is 0 Å². The highest BCUT2D eigenvalue weighted by atomic mass is 79.9. The topological polar surface area (TPSA) is 84.0 Å². The molecule has 6 nitrogen and oxygen atoms in total. The third-order valence-electron chi connectivity index (χ3n) is 3.23. The number of rotatable bonds is 8. The van der Waals surface area contributed by atoms with Crippen LogP contribution in [0.2, 0.25) is 0 Å². The molecule has 1 aromatic heterocycles. The molecule has 1 aromatic carbocycles. The van der Waals surface area contributed by atoms with Crippen molar-refractivity contribution >= 4 is 61.5 Å². The Hall–Kier alpha value is -1.45. The second-order valence-electron chi connectivity index (χ2n) is 5.70. The van der Waals surface area contributed by atoms with Crippen LogP contribution in [0.25, 0.3) is 0 Å². The van der Waals surface area contributed by atoms with Crippen molar-refractivity contribution in [3.05, 3.63) is 28.7 Å². The number of ketones is 1. The van der Waals surface area contributed by atoms with Gasteiger partial charge in [0.05, 0.1) is 11.8 Å². The molecule has 1 amide bonds. The smallest absolute Gasteiger partial charge is 0.231 e. The van der Waals surface area contributed by atoms with Gasteiger partial charge < -0.3 is 10.6 Å². The highest BCUT2D eigenvalue weighted by Crippen LogP contribution is 2.28. The van der Waals surface area contributed by atoms with Gasteiger partial charge in [0.1, 0.15) is 0 Å². The molecule has 25 heavy (non-hydrogen) atoms. The number of aromatic nitrogens is 2. The Balaban J connectivity index is 1.86. The maximum Gasteiger partial charge on any atom is 0.231 e. The predicted octanol–water partition coefficient (Wildman–Crippen LogP) is 3.87. The molecule has 2 aromatic rings. The summed E-state index contributed by atoms with van der Waals surface area (Å²) in [5, 5.41) is 14.7. The van der Waals surface area contributed by atoms with Crippen molar-refractivity contribution < 1.29 is 9.59 Å². The maximum absolute atomic E-state index is 12.0. The van der Waals surface area contributed by atoms with E-state index in [0.717, 1.165) is 10.2 Å². The van der Waals surface area contributed by atoms with Gasteiger partial charge in [0, 0.05) is 10.2 Å². The van der Waals surface area contributed by atoms with Crippen LogP contribution in [0.5, 0.6) is 0 Å². The Labute approximate surface area is 163 Å². The van der Waals surface area contributed by atoms with Gasteiger partial charge in [0.2, 0.25) is 11.0 Å². The normalized spacial score (nSPS) is 12.0. The van der Waals surface area contributed by atoms with Crippen molar-refractivity contribution in [1.29, 1.82) is 0 Å². The van der Waals surface area contributed by atoms with E-state index in [-0.39, 0.29) is 23.4 Å². The molecule has 1 heterocycles. The highest BCUT2D eigenvalue weighted by Gasteiger charge is 2.20. The van der Waals surface area contributed by atoms with E-state index < -0.39 is 6.04 Å². The third kappa shape index (κ3) is 6.41. The molecule has 0 saturated heterocycles. The number of thioether (sulfide) groups is 1. The summed E-state index contributed by atoms with van der Waals surface area (Å²) in [7, 11) is 0. The Kier molecular flexibility index (Phi) is 7.39. The molecule has 0 radical (unpaired) electrons. The van der Waals surface area contributed by atoms with Gasteiger partial charge in [-0.05, 0) is 31.0 Å². The van der Waals surface area contributed by atoms with Crippen molar-refractivity contribution in [1.82, 2.24) is 15.5 Å². The Morgan fingerprint density at radius 1 is 1.32 bits per heavy atom. The number of carbonyl (C=O) groups is 2. The lowest BCUT2D eigenvalue weighted by Gasteiger charge is -2.19. The molecule has 0 aliphatic rings. The molecule has 0 spiro atoms. The summed E-state index contributed by atoms with van der Waals surface area (Å²) in [5.74, 6) is 0.0384. The monoisotopic (exact) mass is 442 g/mol. The maximum atomic E-state index is 12.0. The van der Waals surface area contributed by atoms with Crippen molar-refractivity contribution in [2.45, 2.75) is 31.2 Å². The van der Waals surface area contributed by atoms with E-state index in [0.29, 0.717) is 9.47 Å². The lowest BCUT2D eigenvalue weighted by molar-refractivity contribution is -0.126. The number of halogens is 1. The van der Waals surface area contributed by atoms with Crippen LogP contribution in [0.1, 0.15) is 20.8 Å². The largest absolute Gasteiger partial charge is 0.345 e. The molecule has 2 rings (SSSR count). The van der Waals surface area contributed by atoms with Gasteiger partial charge in [-0.15, -0.1) is 10.2 Å². The second-order valence-corrected chi connectivity index (χ2v) is 8.81. The first kappa shape index (κ1) is 19.9. The summed E-state index contributed by atoms with van der Waals surface area (Å²) >= 11 is 6.09. The van der Waals surface area contributed by atoms with E-state index in [1.165, 1.54) is 30.0 Å². The zero-order chi connectivity index (χ0) is 18.4. The molecular weight excluding hydrogens is 424 g/mol. The number of hydrogen-bond donors (Lipinski definition) is 2. The summed E-state index contributed by atoms with van der Waals surface area (Å²) in [5.41, 5.74) is 0.904. The summed E-state index contributed by atoms with van der Waals surface area (Å²) in [6.07, 6.45) is 0. The van der Waals surface area contributed by atoms with Gasteiger partial charge in [0.15, 0.2) is 10.1 Å². The minimum absolute atomic E-state index is 0.0372. The lowest BCUT2D eigenvalue weighted by atomic mass is 10.0. The molecule has 0 saturated carbocycles. The minimum Gasteiger partial charge on any atom is -0.345 e. The standard InChI is InChI=1S/C16H19BrN4O2S2/c1-9(2)14(10(3)22)19-13(23)8-24-16-21-20-15(25-16)18-12-6-4-5-11(17)7-12/h4-7,9,14H,8H2,1-3H3,(H,18,20)(H,19,23). The van der Waals surface area contributed by atoms with E-state index in [2.05, 4.69) is 36.8 Å². The highest BCUT2D eigenvalue weighted by molar-refractivity contribution is 9.10. The molecule has 1 atom stereocenters. The van der Waals surface area contributed by atoms with Crippen LogP contribution in [0.15, 0.2) is 33.1 Å². The molecule has 9 heteroatoms. The number of nitrogens with one attached hydrogen (secondary N) is 2. The van der Waals surface area contributed by atoms with Crippen LogP contribution in [-0.4, -0.2) is 33.7 Å². The number of anilines is 2. The number of amides is 1. The SMILES string of the molecule is CC(=O)C(NC(=O)CSc1nnc(Nc2cccc(Br)c2)s1)C(C)C.